The van der Waals surface area contributed by atoms with Gasteiger partial charge in [-0.25, -0.2) is 0 Å². The van der Waals surface area contributed by atoms with Crippen LogP contribution < -0.4 is 0 Å². The largest absolute Gasteiger partial charge is 0.617 e. The summed E-state index contributed by atoms with van der Waals surface area (Å²) in [6, 6.07) is 10.5. The number of hydrogen-bond donors (Lipinski definition) is 0. The summed E-state index contributed by atoms with van der Waals surface area (Å²) in [6.45, 7) is 0. The molecule has 0 radical (unpaired) electrons. The average molecular weight is 344 g/mol. The summed E-state index contributed by atoms with van der Waals surface area (Å²) in [5.41, 5.74) is 1.19. The van der Waals surface area contributed by atoms with E-state index < -0.39 is 16.1 Å². The maximum absolute atomic E-state index is 12.3. The average Bonchev–Trinajstić information content (AvgIpc) is 2.60. The van der Waals surface area contributed by atoms with E-state index in [1.807, 2.05) is 0 Å². The zero-order valence-corrected chi connectivity index (χ0v) is 12.7. The summed E-state index contributed by atoms with van der Waals surface area (Å²) < 4.78 is 0.722. The van der Waals surface area contributed by atoms with Crippen LogP contribution in [0.1, 0.15) is 0 Å². The number of halogens is 1. The smallest absolute Gasteiger partial charge is 0.387 e. The first-order chi connectivity index (χ1) is 11.4. The Morgan fingerprint density at radius 1 is 1.12 bits per heavy atom. The number of fused-ring (bicyclic) bond motifs is 1. The van der Waals surface area contributed by atoms with Crippen LogP contribution in [0, 0.1) is 31.6 Å². The van der Waals surface area contributed by atoms with E-state index in [1.165, 1.54) is 36.4 Å². The maximum atomic E-state index is 12.3. The normalized spacial score (nSPS) is 16.5. The van der Waals surface area contributed by atoms with Crippen molar-refractivity contribution in [2.24, 2.45) is 0 Å². The lowest BCUT2D eigenvalue weighted by atomic mass is 10.0. The van der Waals surface area contributed by atoms with Crippen LogP contribution >= 0.6 is 11.6 Å². The van der Waals surface area contributed by atoms with Gasteiger partial charge in [0, 0.05) is 29.2 Å². The lowest BCUT2D eigenvalue weighted by Gasteiger charge is -2.12. The molecule has 0 saturated heterocycles. The fourth-order valence-electron chi connectivity index (χ4n) is 2.39. The number of non-ortho nitro benzene ring substituents is 1. The zero-order chi connectivity index (χ0) is 17.4. The summed E-state index contributed by atoms with van der Waals surface area (Å²) in [4.78, 5) is 22.4. The standard InChI is InChI=1S/C15H8ClN4O4/c16-15-14(8-17)18(21)13-7-10(3-6-12(13)19(15)22)9-1-4-11(5-2-9)20(23)24/h1-7,14H/q+1. The molecular weight excluding hydrogens is 336 g/mol. The van der Waals surface area contributed by atoms with Crippen LogP contribution in [0.5, 0.6) is 0 Å². The molecule has 24 heavy (non-hydrogen) atoms. The molecule has 0 saturated carbocycles. The van der Waals surface area contributed by atoms with Crippen molar-refractivity contribution in [2.75, 3.05) is 0 Å². The molecule has 1 heterocycles. The van der Waals surface area contributed by atoms with Gasteiger partial charge >= 0.3 is 16.9 Å². The Balaban J connectivity index is 2.10. The van der Waals surface area contributed by atoms with E-state index in [2.05, 4.69) is 0 Å². The van der Waals surface area contributed by atoms with Crippen LogP contribution in [0.2, 0.25) is 0 Å². The van der Waals surface area contributed by atoms with Gasteiger partial charge in [0.15, 0.2) is 6.07 Å². The molecule has 0 aliphatic carbocycles. The SMILES string of the molecule is N#CC1C(Cl)=[N+]([O-])c2ccc(-c3ccc([N+](=O)[O-])cc3)cc2[N+]1=O. The number of nitroso groups, excluding NO2 is 1. The Morgan fingerprint density at radius 3 is 2.33 bits per heavy atom. The second-order valence-electron chi connectivity index (χ2n) is 4.98. The van der Waals surface area contributed by atoms with Crippen molar-refractivity contribution in [3.05, 3.63) is 62.7 Å². The zero-order valence-electron chi connectivity index (χ0n) is 11.9. The molecule has 1 aliphatic rings. The lowest BCUT2D eigenvalue weighted by Crippen LogP contribution is -2.33. The van der Waals surface area contributed by atoms with Crippen molar-refractivity contribution in [2.45, 2.75) is 6.04 Å². The Bertz CT molecular complexity index is 947. The first-order valence-electron chi connectivity index (χ1n) is 6.68. The first-order valence-corrected chi connectivity index (χ1v) is 7.06. The molecule has 2 aromatic rings. The van der Waals surface area contributed by atoms with E-state index in [1.54, 1.807) is 12.1 Å². The summed E-state index contributed by atoms with van der Waals surface area (Å²) in [6.07, 6.45) is 0. The maximum Gasteiger partial charge on any atom is 0.387 e. The fraction of sp³-hybridized carbons (Fsp3) is 0.0667. The van der Waals surface area contributed by atoms with Gasteiger partial charge in [0.05, 0.1) is 9.68 Å². The highest BCUT2D eigenvalue weighted by molar-refractivity contribution is 6.65. The van der Waals surface area contributed by atoms with Crippen molar-refractivity contribution in [3.8, 4) is 17.2 Å². The molecule has 0 aromatic heterocycles. The first kappa shape index (κ1) is 15.6. The van der Waals surface area contributed by atoms with E-state index >= 15 is 0 Å². The summed E-state index contributed by atoms with van der Waals surface area (Å²) in [7, 11) is 0. The van der Waals surface area contributed by atoms with Crippen LogP contribution in [0.15, 0.2) is 42.5 Å². The molecule has 118 valence electrons. The van der Waals surface area contributed by atoms with Crippen LogP contribution in [-0.2, 0) is 0 Å². The third-order valence-corrected chi connectivity index (χ3v) is 3.98. The Kier molecular flexibility index (Phi) is 3.71. The second kappa shape index (κ2) is 5.72. The molecule has 0 amide bonds. The molecule has 1 atom stereocenters. The van der Waals surface area contributed by atoms with Gasteiger partial charge < -0.3 is 5.21 Å². The van der Waals surface area contributed by atoms with Crippen molar-refractivity contribution in [3.63, 3.8) is 0 Å². The molecule has 0 N–H and O–H groups in total. The minimum absolute atomic E-state index is 0.0109. The van der Waals surface area contributed by atoms with Crippen molar-refractivity contribution < 1.29 is 14.4 Å². The van der Waals surface area contributed by atoms with E-state index in [0.29, 0.717) is 20.6 Å². The minimum Gasteiger partial charge on any atom is -0.617 e. The fourth-order valence-corrected chi connectivity index (χ4v) is 2.62. The number of nitrogens with zero attached hydrogens (tertiary/aromatic N) is 4. The van der Waals surface area contributed by atoms with E-state index in [0.717, 1.165) is 0 Å². The highest BCUT2D eigenvalue weighted by atomic mass is 35.5. The van der Waals surface area contributed by atoms with Crippen molar-refractivity contribution in [1.82, 2.24) is 0 Å². The molecule has 0 spiro atoms. The molecule has 0 bridgehead atoms. The minimum atomic E-state index is -1.41. The van der Waals surface area contributed by atoms with Gasteiger partial charge in [-0.3, -0.25) is 10.1 Å². The van der Waals surface area contributed by atoms with Gasteiger partial charge in [-0.15, -0.1) is 4.74 Å². The van der Waals surface area contributed by atoms with Gasteiger partial charge in [0.1, 0.15) is 0 Å². The predicted octanol–water partition coefficient (Wildman–Crippen LogP) is 3.36. The monoisotopic (exact) mass is 343 g/mol. The van der Waals surface area contributed by atoms with Gasteiger partial charge in [0.2, 0.25) is 0 Å². The third kappa shape index (κ3) is 2.37. The Morgan fingerprint density at radius 2 is 1.75 bits per heavy atom. The summed E-state index contributed by atoms with van der Waals surface area (Å²) in [5.74, 6) is 0. The quantitative estimate of drug-likeness (QED) is 0.359. The molecule has 9 heteroatoms. The number of rotatable bonds is 2. The number of nitro groups is 1. The van der Waals surface area contributed by atoms with Gasteiger partial charge in [-0.05, 0) is 40.9 Å². The second-order valence-corrected chi connectivity index (χ2v) is 5.37. The highest BCUT2D eigenvalue weighted by Gasteiger charge is 2.46. The molecule has 1 unspecified atom stereocenters. The van der Waals surface area contributed by atoms with Crippen LogP contribution in [0.25, 0.3) is 11.1 Å². The molecular formula is C15H8ClN4O4+. The Hall–Kier alpha value is -3.31. The van der Waals surface area contributed by atoms with Gasteiger partial charge in [-0.2, -0.15) is 5.26 Å². The van der Waals surface area contributed by atoms with E-state index in [4.69, 9.17) is 16.9 Å². The van der Waals surface area contributed by atoms with Crippen LogP contribution in [0.3, 0.4) is 0 Å². The summed E-state index contributed by atoms with van der Waals surface area (Å²) >= 11 is 5.76. The van der Waals surface area contributed by atoms with Gasteiger partial charge in [-0.1, -0.05) is 0 Å². The van der Waals surface area contributed by atoms with Gasteiger partial charge in [0.25, 0.3) is 11.4 Å². The number of nitro benzene ring substituents is 1. The number of hydrogen-bond acceptors (Lipinski definition) is 5. The summed E-state index contributed by atoms with van der Waals surface area (Å²) in [5, 5.41) is 31.3. The molecule has 2 aromatic carbocycles. The van der Waals surface area contributed by atoms with Crippen LogP contribution in [-0.4, -0.2) is 25.6 Å². The van der Waals surface area contributed by atoms with Crippen LogP contribution in [0.4, 0.5) is 17.1 Å². The molecule has 3 rings (SSSR count). The van der Waals surface area contributed by atoms with Crippen molar-refractivity contribution >= 4 is 33.8 Å². The lowest BCUT2D eigenvalue weighted by molar-refractivity contribution is -0.506. The van der Waals surface area contributed by atoms with E-state index in [9.17, 15) is 20.2 Å². The highest BCUT2D eigenvalue weighted by Crippen LogP contribution is 2.36. The predicted molar refractivity (Wildman–Crippen MR) is 85.4 cm³/mol. The Labute approximate surface area is 140 Å². The third-order valence-electron chi connectivity index (χ3n) is 3.62. The topological polar surface area (TPSA) is 113 Å². The van der Waals surface area contributed by atoms with E-state index in [-0.39, 0.29) is 17.1 Å². The molecule has 8 nitrogen and oxygen atoms in total. The van der Waals surface area contributed by atoms with Crippen molar-refractivity contribution in [1.29, 1.82) is 5.26 Å². The molecule has 0 fully saturated rings. The molecule has 1 aliphatic heterocycles. The number of benzene rings is 2. The number of nitriles is 1.